The predicted molar refractivity (Wildman–Crippen MR) is 527 cm³/mol. The van der Waals surface area contributed by atoms with Crippen LogP contribution in [0.15, 0.2) is 204 Å². The van der Waals surface area contributed by atoms with Crippen LogP contribution in [0.3, 0.4) is 0 Å². The van der Waals surface area contributed by atoms with Crippen LogP contribution in [0, 0.1) is 31.3 Å². The molecule has 0 aromatic heterocycles. The third kappa shape index (κ3) is 32.5. The first-order valence-corrected chi connectivity index (χ1v) is 50.6. The van der Waals surface area contributed by atoms with E-state index in [4.69, 9.17) is 83.2 Å². The molecule has 3 saturated carbocycles. The zero-order chi connectivity index (χ0) is 107. The third-order valence-electron chi connectivity index (χ3n) is 23.9. The van der Waals surface area contributed by atoms with Gasteiger partial charge in [0, 0.05) is 142 Å². The maximum Gasteiger partial charge on any atom is 0.410 e. The average molecular weight is 2190 g/mol. The number of hydrogen-bond donors (Lipinski definition) is 5. The Balaban J connectivity index is 0.000000230. The number of halogens is 13. The van der Waals surface area contributed by atoms with Crippen LogP contribution >= 0.6 is 45.5 Å². The van der Waals surface area contributed by atoms with Crippen LogP contribution in [0.2, 0.25) is 15.1 Å². The van der Waals surface area contributed by atoms with Gasteiger partial charge in [-0.15, -0.1) is 0 Å². The standard InChI is InChI=1S/C34H35ClF3N3O8S.C29H34ClF3N4O5.C27H29ClF3N3O6.C7H7ClO2S.C2H7N.H2O/c1-21-10-12-26(13-11-21)50(45,46)49-15-14-48-25-17-29(40(20-25)33(44)47-2)32(43)41(24-7-5-6-22(36)16-24)30(27-8-3-4-9-28(27)35)31(42)39-23-18-34(37,38)19-23;1-35(2)11-12-42-21-14-24(36(17-21)28(40)41-3)27(39)37(20-8-6-7-18(31)13-20)25(22-9-4-5-10-23(22)30)26(38)34-19-15-29(32,33)16-19;1-39-26(38)33-15-19(40-10-9-35)12-22(33)25(37)34(18-6-4-5-16(29)11-18)23(20-7-2-3-8-21(20)28)24(36)32-17-13-27(30,31)14-17;1-6-2-4-7(5-3-6)11(8,9)10;1-3-2;/h3-13,16,23,25,29-30H,14-15,17-20H2,1-2H3,(H,39,42);4-10,13,19,21,24-25H,11-12,14-17H2,1-3H3,(H,34,38);2-8,11,17,19,22-23,35H,9-10,12-15H2,1H3,(H,32,36);2-5H,1H3;3H,1-2H3;1H2/t25-,29+,30+;21-,24+,25+;19-,22+,23+;;;/m111.../s1. The van der Waals surface area contributed by atoms with E-state index in [2.05, 4.69) is 21.3 Å². The van der Waals surface area contributed by atoms with Gasteiger partial charge in [-0.2, -0.15) is 8.42 Å². The number of methoxy groups -OCH3 is 3. The van der Waals surface area contributed by atoms with Gasteiger partial charge in [0.2, 0.25) is 17.7 Å². The van der Waals surface area contributed by atoms with E-state index in [0.29, 0.717) is 13.2 Å². The normalized spacial score (nSPS) is 19.1. The lowest BCUT2D eigenvalue weighted by Gasteiger charge is -2.39. The van der Waals surface area contributed by atoms with Gasteiger partial charge in [0.25, 0.3) is 54.7 Å². The molecule has 800 valence electrons. The molecule has 0 radical (unpaired) electrons. The molecular formula is C99H114Cl4F9N11O22S2. The Labute approximate surface area is 863 Å². The van der Waals surface area contributed by atoms with E-state index < -0.39 is 219 Å². The van der Waals surface area contributed by atoms with Gasteiger partial charge < -0.3 is 65.2 Å². The molecular weight excluding hydrogens is 2070 g/mol. The molecule has 0 unspecified atom stereocenters. The molecule has 0 bridgehead atoms. The summed E-state index contributed by atoms with van der Waals surface area (Å²) in [5.41, 5.74) is 2.28. The topological polar surface area (TPSA) is 409 Å². The van der Waals surface area contributed by atoms with Gasteiger partial charge in [-0.25, -0.2) is 62.3 Å². The summed E-state index contributed by atoms with van der Waals surface area (Å²) in [6, 6.07) is 35.2. The molecule has 3 aliphatic heterocycles. The van der Waals surface area contributed by atoms with Gasteiger partial charge >= 0.3 is 18.3 Å². The molecule has 14 rings (SSSR count). The summed E-state index contributed by atoms with van der Waals surface area (Å²) < 4.78 is 209. The Morgan fingerprint density at radius 3 is 0.980 bits per heavy atom. The monoisotopic (exact) mass is 2180 g/mol. The molecule has 3 aliphatic carbocycles. The van der Waals surface area contributed by atoms with E-state index in [9.17, 15) is 99.5 Å². The Bertz CT molecular complexity index is 6090. The summed E-state index contributed by atoms with van der Waals surface area (Å²) in [5.74, 6) is -15.6. The number of likely N-dealkylation sites (N-methyl/N-ethyl adjacent to an activating group) is 1. The Morgan fingerprint density at radius 1 is 0.429 bits per heavy atom. The number of alkyl halides is 6. The highest BCUT2D eigenvalue weighted by Gasteiger charge is 2.54. The van der Waals surface area contributed by atoms with Crippen LogP contribution in [-0.2, 0) is 80.5 Å². The van der Waals surface area contributed by atoms with Gasteiger partial charge in [0.15, 0.2) is 0 Å². The van der Waals surface area contributed by atoms with E-state index in [1.54, 1.807) is 60.7 Å². The van der Waals surface area contributed by atoms with Crippen molar-refractivity contribution in [2.45, 2.75) is 172 Å². The number of amides is 9. The summed E-state index contributed by atoms with van der Waals surface area (Å²) in [6.07, 6.45) is -7.96. The highest BCUT2D eigenvalue weighted by Crippen LogP contribution is 2.45. The van der Waals surface area contributed by atoms with Gasteiger partial charge in [-0.1, -0.05) is 143 Å². The number of ether oxygens (including phenoxy) is 6. The minimum Gasteiger partial charge on any atom is -0.453 e. The number of aliphatic hydroxyl groups is 1. The molecule has 3 heterocycles. The van der Waals surface area contributed by atoms with Crippen molar-refractivity contribution in [3.05, 3.63) is 254 Å². The van der Waals surface area contributed by atoms with E-state index in [1.165, 1.54) is 115 Å². The van der Waals surface area contributed by atoms with Crippen LogP contribution < -0.4 is 36.0 Å². The van der Waals surface area contributed by atoms with Gasteiger partial charge in [0.1, 0.15) is 53.7 Å². The zero-order valence-corrected chi connectivity index (χ0v) is 85.8. The average Bonchev–Trinajstić information content (AvgIpc) is 1.76. The quantitative estimate of drug-likeness (QED) is 0.00859. The number of anilines is 3. The summed E-state index contributed by atoms with van der Waals surface area (Å²) >= 11 is 19.5. The second-order valence-corrected chi connectivity index (χ2v) is 40.6. The number of nitrogens with one attached hydrogen (secondary N) is 4. The van der Waals surface area contributed by atoms with Crippen molar-refractivity contribution in [3.63, 3.8) is 0 Å². The number of carbonyl (C=O) groups is 9. The van der Waals surface area contributed by atoms with Crippen LogP contribution in [0.5, 0.6) is 0 Å². The van der Waals surface area contributed by atoms with Gasteiger partial charge in [0.05, 0.1) is 102 Å². The first-order valence-electron chi connectivity index (χ1n) is 45.8. The number of aryl methyl sites for hydroxylation is 2. The van der Waals surface area contributed by atoms with Crippen molar-refractivity contribution in [1.29, 1.82) is 0 Å². The third-order valence-corrected chi connectivity index (χ3v) is 27.6. The second kappa shape index (κ2) is 53.6. The lowest BCUT2D eigenvalue weighted by atomic mass is 9.87. The summed E-state index contributed by atoms with van der Waals surface area (Å²) in [5, 5.41) is 19.9. The number of hydrogen-bond acceptors (Lipinski definition) is 23. The lowest BCUT2D eigenvalue weighted by molar-refractivity contribution is -0.134. The fourth-order valence-corrected chi connectivity index (χ4v) is 19.2. The number of rotatable bonds is 32. The predicted octanol–water partition coefficient (Wildman–Crippen LogP) is 14.3. The van der Waals surface area contributed by atoms with Crippen LogP contribution in [0.4, 0.5) is 71.0 Å². The minimum absolute atomic E-state index is 0. The maximum absolute atomic E-state index is 14.7. The van der Waals surface area contributed by atoms with Crippen molar-refractivity contribution in [2.75, 3.05) is 123 Å². The summed E-state index contributed by atoms with van der Waals surface area (Å²) in [7, 11) is 8.41. The molecule has 8 aromatic carbocycles. The van der Waals surface area contributed by atoms with E-state index in [1.807, 2.05) is 46.9 Å². The van der Waals surface area contributed by atoms with Gasteiger partial charge in [-0.3, -0.25) is 62.3 Å². The molecule has 9 atom stereocenters. The van der Waals surface area contributed by atoms with E-state index in [0.717, 1.165) is 80.2 Å². The fraction of sp³-hybridized carbons (Fsp3) is 0.424. The molecule has 48 heteroatoms. The van der Waals surface area contributed by atoms with E-state index >= 15 is 0 Å². The molecule has 6 fully saturated rings. The Morgan fingerprint density at radius 2 is 0.714 bits per heavy atom. The smallest absolute Gasteiger partial charge is 0.410 e. The maximum atomic E-state index is 14.7. The minimum atomic E-state index is -4.08. The van der Waals surface area contributed by atoms with Crippen LogP contribution in [0.1, 0.15) is 104 Å². The highest BCUT2D eigenvalue weighted by molar-refractivity contribution is 8.13. The Kier molecular flexibility index (Phi) is 43.4. The molecule has 3 saturated heterocycles. The number of aliphatic hydroxyl groups excluding tert-OH is 1. The lowest BCUT2D eigenvalue weighted by Crippen LogP contribution is -2.56. The first-order chi connectivity index (χ1) is 69.0. The summed E-state index contributed by atoms with van der Waals surface area (Å²) in [4.78, 5) is 132. The molecule has 147 heavy (non-hydrogen) atoms. The van der Waals surface area contributed by atoms with Gasteiger partial charge in [-0.05, 0) is 139 Å². The van der Waals surface area contributed by atoms with Crippen LogP contribution in [-0.4, -0.2) is 282 Å². The van der Waals surface area contributed by atoms with Crippen molar-refractivity contribution in [2.24, 2.45) is 0 Å². The van der Waals surface area contributed by atoms with Crippen molar-refractivity contribution < 1.29 is 143 Å². The highest BCUT2D eigenvalue weighted by atomic mass is 35.7. The summed E-state index contributed by atoms with van der Waals surface area (Å²) in [6.45, 7) is 3.58. The van der Waals surface area contributed by atoms with Crippen LogP contribution in [0.25, 0.3) is 0 Å². The molecule has 6 aliphatic rings. The zero-order valence-electron chi connectivity index (χ0n) is 81.1. The molecule has 8 aromatic rings. The Hall–Kier alpha value is -11.5. The first kappa shape index (κ1) is 119. The number of likely N-dealkylation sites (tertiary alicyclic amines) is 3. The van der Waals surface area contributed by atoms with Crippen molar-refractivity contribution in [1.82, 2.24) is 40.9 Å². The molecule has 0 spiro atoms. The largest absolute Gasteiger partial charge is 0.453 e. The molecule has 33 nitrogen and oxygen atoms in total. The van der Waals surface area contributed by atoms with Crippen molar-refractivity contribution in [3.8, 4) is 0 Å². The number of carbonyl (C=O) groups excluding carboxylic acids is 9. The molecule has 7 N–H and O–H groups in total. The number of nitrogens with zero attached hydrogens (tertiary/aromatic N) is 7. The number of benzene rings is 8. The second-order valence-electron chi connectivity index (χ2n) is 35.2. The fourth-order valence-electron chi connectivity index (χ4n) is 16.9. The molecule has 9 amide bonds. The SMILES string of the molecule is CNC.COC(=O)N1C[C@H](OCCN(C)C)C[C@H]1C(=O)N(c1cccc(F)c1)[C@H](C(=O)NC1CC(F)(F)C1)c1ccccc1Cl.COC(=O)N1C[C@H](OCCO)C[C@H]1C(=O)N(c1cccc(F)c1)[C@H](C(=O)NC1CC(F)(F)C1)c1ccccc1Cl.COC(=O)N1C[C@H](OCCOS(=O)(=O)c2ccc(C)cc2)C[C@H]1C(=O)N(c1cccc(F)c1)[C@H](C(=O)NC1CC(F)(F)C1)c1ccccc1Cl.Cc1ccc(S(=O)(=O)Cl)cc1.O. The van der Waals surface area contributed by atoms with E-state index in [-0.39, 0.29) is 129 Å². The van der Waals surface area contributed by atoms with Crippen molar-refractivity contribution >= 4 is 135 Å².